The minimum absolute atomic E-state index is 0.0756. The summed E-state index contributed by atoms with van der Waals surface area (Å²) in [4.78, 5) is 45.7. The van der Waals surface area contributed by atoms with Gasteiger partial charge in [-0.3, -0.25) is 19.2 Å². The molecule has 0 amide bonds. The van der Waals surface area contributed by atoms with Crippen molar-refractivity contribution in [2.75, 3.05) is 39.5 Å². The zero-order valence-corrected chi connectivity index (χ0v) is 17.2. The average molecular weight is 417 g/mol. The lowest BCUT2D eigenvalue weighted by Crippen LogP contribution is -2.43. The van der Waals surface area contributed by atoms with E-state index in [1.165, 1.54) is 6.92 Å². The highest BCUT2D eigenvalue weighted by Gasteiger charge is 2.39. The van der Waals surface area contributed by atoms with Crippen molar-refractivity contribution >= 4 is 24.4 Å². The number of nitrogens with zero attached hydrogens (tertiary/aromatic N) is 1. The fraction of sp³-hybridized carbons (Fsp3) is 0.778. The van der Waals surface area contributed by atoms with Crippen molar-refractivity contribution in [3.63, 3.8) is 0 Å². The molecule has 0 bridgehead atoms. The van der Waals surface area contributed by atoms with Crippen molar-refractivity contribution in [2.45, 2.75) is 46.1 Å². The Bertz CT molecular complexity index is 537. The van der Waals surface area contributed by atoms with Crippen LogP contribution in [-0.4, -0.2) is 74.9 Å². The van der Waals surface area contributed by atoms with Crippen molar-refractivity contribution in [2.24, 2.45) is 5.41 Å². The first-order valence-corrected chi connectivity index (χ1v) is 9.64. The number of hydrogen-bond donors (Lipinski definition) is 2. The number of carbonyl (C=O) groups excluding carboxylic acids is 4. The maximum atomic E-state index is 12.6. The van der Waals surface area contributed by atoms with Gasteiger partial charge < -0.3 is 18.9 Å². The Balaban J connectivity index is 2.50. The van der Waals surface area contributed by atoms with Crippen molar-refractivity contribution in [1.82, 2.24) is 16.0 Å². The van der Waals surface area contributed by atoms with Crippen molar-refractivity contribution in [1.29, 1.82) is 0 Å². The van der Waals surface area contributed by atoms with E-state index in [0.29, 0.717) is 32.6 Å². The van der Waals surface area contributed by atoms with Crippen LogP contribution in [0, 0.1) is 5.41 Å². The highest BCUT2D eigenvalue weighted by molar-refractivity contribution is 5.78. The molecule has 0 aromatic heterocycles. The fourth-order valence-electron chi connectivity index (χ4n) is 2.36. The van der Waals surface area contributed by atoms with Gasteiger partial charge in [0.25, 0.3) is 6.47 Å². The maximum absolute atomic E-state index is 12.6. The first-order valence-electron chi connectivity index (χ1n) is 9.64. The van der Waals surface area contributed by atoms with E-state index in [9.17, 15) is 19.2 Å². The largest absolute Gasteiger partial charge is 0.468 e. The van der Waals surface area contributed by atoms with E-state index in [0.717, 1.165) is 0 Å². The maximum Gasteiger partial charge on any atom is 0.318 e. The molecule has 1 fully saturated rings. The lowest BCUT2D eigenvalue weighted by molar-refractivity contribution is -0.170. The number of hydrogen-bond acceptors (Lipinski definition) is 11. The van der Waals surface area contributed by atoms with E-state index in [1.807, 2.05) is 5.01 Å². The Morgan fingerprint density at radius 3 is 2.28 bits per heavy atom. The molecule has 1 aliphatic rings. The third kappa shape index (κ3) is 9.20. The minimum atomic E-state index is -1.30. The lowest BCUT2D eigenvalue weighted by atomic mass is 9.93. The van der Waals surface area contributed by atoms with Crippen LogP contribution in [0.3, 0.4) is 0 Å². The normalized spacial score (nSPS) is 16.9. The third-order valence-electron chi connectivity index (χ3n) is 4.22. The topological polar surface area (TPSA) is 132 Å². The quantitative estimate of drug-likeness (QED) is 0.167. The summed E-state index contributed by atoms with van der Waals surface area (Å²) in [6, 6.07) is -0.161. The molecule has 0 aromatic carbocycles. The summed E-state index contributed by atoms with van der Waals surface area (Å²) in [5.74, 6) is -1.53. The number of ether oxygens (including phenoxy) is 4. The van der Waals surface area contributed by atoms with Crippen LogP contribution in [0.2, 0.25) is 0 Å². The standard InChI is InChI=1S/C18H31N3O8/c1-4-15(23)28-11-18(3,12-29-16(24)5-2)17(25)27-10-14-9-21(20-19-14)7-6-8-26-13-22/h13-14,19-20H,4-12H2,1-3H3. The average Bonchev–Trinajstić information content (AvgIpc) is 3.19. The molecule has 0 aliphatic carbocycles. The summed E-state index contributed by atoms with van der Waals surface area (Å²) >= 11 is 0. The van der Waals surface area contributed by atoms with E-state index in [4.69, 9.17) is 14.2 Å². The second-order valence-electron chi connectivity index (χ2n) is 6.91. The highest BCUT2D eigenvalue weighted by atomic mass is 16.6. The molecule has 0 radical (unpaired) electrons. The zero-order chi connectivity index (χ0) is 21.7. The molecule has 1 rings (SSSR count). The van der Waals surface area contributed by atoms with Crippen LogP contribution < -0.4 is 11.0 Å². The molecule has 1 unspecified atom stereocenters. The summed E-state index contributed by atoms with van der Waals surface area (Å²) in [5, 5.41) is 1.87. The van der Waals surface area contributed by atoms with Crippen LogP contribution in [0.1, 0.15) is 40.0 Å². The summed E-state index contributed by atoms with van der Waals surface area (Å²) in [7, 11) is 0. The van der Waals surface area contributed by atoms with Gasteiger partial charge in [0.15, 0.2) is 0 Å². The highest BCUT2D eigenvalue weighted by Crippen LogP contribution is 2.21. The summed E-state index contributed by atoms with van der Waals surface area (Å²) in [6.07, 6.45) is 1.00. The van der Waals surface area contributed by atoms with Gasteiger partial charge in [-0.1, -0.05) is 13.8 Å². The summed E-state index contributed by atoms with van der Waals surface area (Å²) in [6.45, 7) is 6.35. The summed E-state index contributed by atoms with van der Waals surface area (Å²) < 4.78 is 20.2. The molecule has 0 spiro atoms. The van der Waals surface area contributed by atoms with Gasteiger partial charge in [-0.2, -0.15) is 5.53 Å². The second kappa shape index (κ2) is 13.1. The monoisotopic (exact) mass is 417 g/mol. The SMILES string of the molecule is CCC(=O)OCC(C)(COC(=O)CC)C(=O)OCC1CN(CCCOC=O)NN1. The second-order valence-corrected chi connectivity index (χ2v) is 6.91. The Morgan fingerprint density at radius 1 is 1.10 bits per heavy atom. The Labute approximate surface area is 170 Å². The van der Waals surface area contributed by atoms with Gasteiger partial charge in [-0.05, 0) is 13.3 Å². The Hall–Kier alpha value is -2.24. The van der Waals surface area contributed by atoms with Crippen LogP contribution in [0.5, 0.6) is 0 Å². The molecule has 1 saturated heterocycles. The molecular formula is C18H31N3O8. The molecule has 1 atom stereocenters. The molecule has 0 saturated carbocycles. The van der Waals surface area contributed by atoms with Crippen molar-refractivity contribution < 1.29 is 38.1 Å². The van der Waals surface area contributed by atoms with Crippen LogP contribution in [0.25, 0.3) is 0 Å². The number of rotatable bonds is 14. The molecule has 166 valence electrons. The van der Waals surface area contributed by atoms with E-state index in [2.05, 4.69) is 15.7 Å². The van der Waals surface area contributed by atoms with Gasteiger partial charge in [0.1, 0.15) is 25.2 Å². The van der Waals surface area contributed by atoms with Crippen LogP contribution in [0.4, 0.5) is 0 Å². The molecule has 11 heteroatoms. The molecule has 2 N–H and O–H groups in total. The van der Waals surface area contributed by atoms with Gasteiger partial charge in [0, 0.05) is 25.9 Å². The Kier molecular flexibility index (Phi) is 11.2. The van der Waals surface area contributed by atoms with E-state index >= 15 is 0 Å². The van der Waals surface area contributed by atoms with Gasteiger partial charge in [0.05, 0.1) is 12.6 Å². The fourth-order valence-corrected chi connectivity index (χ4v) is 2.36. The number of carbonyl (C=O) groups is 4. The van der Waals surface area contributed by atoms with Crippen molar-refractivity contribution in [3.8, 4) is 0 Å². The van der Waals surface area contributed by atoms with Gasteiger partial charge >= 0.3 is 17.9 Å². The molecule has 0 aromatic rings. The van der Waals surface area contributed by atoms with E-state index < -0.39 is 23.3 Å². The molecule has 1 aliphatic heterocycles. The summed E-state index contributed by atoms with van der Waals surface area (Å²) in [5.41, 5.74) is 4.64. The first kappa shape index (κ1) is 24.8. The Morgan fingerprint density at radius 2 is 1.72 bits per heavy atom. The smallest absolute Gasteiger partial charge is 0.318 e. The molecule has 1 heterocycles. The predicted molar refractivity (Wildman–Crippen MR) is 99.8 cm³/mol. The van der Waals surface area contributed by atoms with Gasteiger partial charge in [-0.15, -0.1) is 0 Å². The van der Waals surface area contributed by atoms with E-state index in [-0.39, 0.29) is 38.7 Å². The van der Waals surface area contributed by atoms with Crippen LogP contribution >= 0.6 is 0 Å². The number of hydrazine groups is 2. The lowest BCUT2D eigenvalue weighted by Gasteiger charge is -2.27. The zero-order valence-electron chi connectivity index (χ0n) is 17.2. The predicted octanol–water partition coefficient (Wildman–Crippen LogP) is -0.301. The van der Waals surface area contributed by atoms with Crippen LogP contribution in [0.15, 0.2) is 0 Å². The number of esters is 3. The minimum Gasteiger partial charge on any atom is -0.468 e. The van der Waals surface area contributed by atoms with Crippen molar-refractivity contribution in [3.05, 3.63) is 0 Å². The molecule has 29 heavy (non-hydrogen) atoms. The molecular weight excluding hydrogens is 386 g/mol. The van der Waals surface area contributed by atoms with Gasteiger partial charge in [0.2, 0.25) is 0 Å². The third-order valence-corrected chi connectivity index (χ3v) is 4.22. The first-order chi connectivity index (χ1) is 13.8. The van der Waals surface area contributed by atoms with E-state index in [1.54, 1.807) is 13.8 Å². The molecule has 11 nitrogen and oxygen atoms in total. The van der Waals surface area contributed by atoms with Gasteiger partial charge in [-0.25, -0.2) is 10.4 Å². The number of nitrogens with one attached hydrogen (secondary N) is 2. The van der Waals surface area contributed by atoms with Crippen LogP contribution in [-0.2, 0) is 38.1 Å².